The van der Waals surface area contributed by atoms with Crippen LogP contribution in [0.1, 0.15) is 42.3 Å². The van der Waals surface area contributed by atoms with Gasteiger partial charge in [-0.25, -0.2) is 4.79 Å². The predicted molar refractivity (Wildman–Crippen MR) is 113 cm³/mol. The van der Waals surface area contributed by atoms with Crippen molar-refractivity contribution < 1.29 is 14.3 Å². The third-order valence-electron chi connectivity index (χ3n) is 4.28. The largest absolute Gasteiger partial charge is 0.444 e. The van der Waals surface area contributed by atoms with Gasteiger partial charge in [0.25, 0.3) is 0 Å². The number of hydrogen-bond acceptors (Lipinski definition) is 5. The highest BCUT2D eigenvalue weighted by Gasteiger charge is 2.29. The number of amides is 2. The molecule has 6 nitrogen and oxygen atoms in total. The van der Waals surface area contributed by atoms with Gasteiger partial charge in [-0.1, -0.05) is 30.3 Å². The lowest BCUT2D eigenvalue weighted by atomic mass is 10.0. The molecule has 1 aliphatic heterocycles. The average molecular weight is 410 g/mol. The second-order valence-corrected chi connectivity index (χ2v) is 8.81. The third-order valence-corrected chi connectivity index (χ3v) is 5.42. The van der Waals surface area contributed by atoms with Crippen LogP contribution < -0.4 is 5.32 Å². The molecule has 0 radical (unpaired) electrons. The molecular formula is C22H23N3O3S. The Bertz CT molecular complexity index is 981. The van der Waals surface area contributed by atoms with Crippen LogP contribution in [-0.4, -0.2) is 29.0 Å². The minimum atomic E-state index is -0.561. The summed E-state index contributed by atoms with van der Waals surface area (Å²) < 4.78 is 5.44. The molecule has 0 aliphatic carbocycles. The zero-order chi connectivity index (χ0) is 21.0. The molecule has 0 saturated heterocycles. The second-order valence-electron chi connectivity index (χ2n) is 7.70. The van der Waals surface area contributed by atoms with E-state index in [-0.39, 0.29) is 12.0 Å². The standard InChI is InChI=1S/C22H23N3O3S/c1-22(2,3)28-21(27)25-12-11-16-17(13-23)20(29-18(16)14-25)24-19(26)10-9-15-7-5-4-6-8-15/h4-10H,11-12,14H2,1-3H3,(H,24,26)/b10-9+. The van der Waals surface area contributed by atoms with E-state index in [1.807, 2.05) is 51.1 Å². The lowest BCUT2D eigenvalue weighted by molar-refractivity contribution is -0.111. The number of carbonyl (C=O) groups excluding carboxylic acids is 2. The fourth-order valence-corrected chi connectivity index (χ4v) is 4.20. The van der Waals surface area contributed by atoms with Gasteiger partial charge in [0.1, 0.15) is 16.7 Å². The van der Waals surface area contributed by atoms with Crippen LogP contribution in [0.15, 0.2) is 36.4 Å². The van der Waals surface area contributed by atoms with Crippen molar-refractivity contribution in [2.24, 2.45) is 0 Å². The first-order chi connectivity index (χ1) is 13.8. The second kappa shape index (κ2) is 8.50. The first-order valence-electron chi connectivity index (χ1n) is 9.33. The Morgan fingerprint density at radius 1 is 1.28 bits per heavy atom. The van der Waals surface area contributed by atoms with E-state index < -0.39 is 5.60 Å². The first kappa shape index (κ1) is 20.6. The molecule has 2 heterocycles. The highest BCUT2D eigenvalue weighted by Crippen LogP contribution is 2.37. The van der Waals surface area contributed by atoms with Gasteiger partial charge in [-0.3, -0.25) is 4.79 Å². The van der Waals surface area contributed by atoms with Crippen LogP contribution in [0.25, 0.3) is 6.08 Å². The highest BCUT2D eigenvalue weighted by molar-refractivity contribution is 7.16. The monoisotopic (exact) mass is 409 g/mol. The molecule has 2 amide bonds. The van der Waals surface area contributed by atoms with Gasteiger partial charge in [-0.15, -0.1) is 11.3 Å². The minimum absolute atomic E-state index is 0.298. The summed E-state index contributed by atoms with van der Waals surface area (Å²) in [5.74, 6) is -0.298. The molecule has 3 rings (SSSR count). The van der Waals surface area contributed by atoms with Gasteiger partial charge in [0.2, 0.25) is 5.91 Å². The van der Waals surface area contributed by atoms with Gasteiger partial charge < -0.3 is 15.0 Å². The normalized spacial score (nSPS) is 13.7. The summed E-state index contributed by atoms with van der Waals surface area (Å²) in [7, 11) is 0. The Balaban J connectivity index is 1.73. The van der Waals surface area contributed by atoms with E-state index in [9.17, 15) is 14.9 Å². The van der Waals surface area contributed by atoms with E-state index in [0.717, 1.165) is 16.0 Å². The van der Waals surface area contributed by atoms with Crippen LogP contribution in [-0.2, 0) is 22.5 Å². The maximum atomic E-state index is 12.3. The maximum absolute atomic E-state index is 12.3. The molecular weight excluding hydrogens is 386 g/mol. The Labute approximate surface area is 174 Å². The van der Waals surface area contributed by atoms with Crippen molar-refractivity contribution in [3.05, 3.63) is 58.0 Å². The molecule has 29 heavy (non-hydrogen) atoms. The molecule has 7 heteroatoms. The Morgan fingerprint density at radius 3 is 2.66 bits per heavy atom. The number of ether oxygens (including phenoxy) is 1. The first-order valence-corrected chi connectivity index (χ1v) is 10.1. The molecule has 150 valence electrons. The van der Waals surface area contributed by atoms with Crippen LogP contribution in [0, 0.1) is 11.3 Å². The number of benzene rings is 1. The quantitative estimate of drug-likeness (QED) is 0.753. The summed E-state index contributed by atoms with van der Waals surface area (Å²) in [6, 6.07) is 11.7. The van der Waals surface area contributed by atoms with Gasteiger partial charge in [0, 0.05) is 17.5 Å². The Morgan fingerprint density at radius 2 is 2.00 bits per heavy atom. The third kappa shape index (κ3) is 5.24. The lowest BCUT2D eigenvalue weighted by Gasteiger charge is -2.29. The Hall–Kier alpha value is -3.11. The smallest absolute Gasteiger partial charge is 0.410 e. The summed E-state index contributed by atoms with van der Waals surface area (Å²) >= 11 is 1.34. The number of carbonyl (C=O) groups is 2. The lowest BCUT2D eigenvalue weighted by Crippen LogP contribution is -2.39. The molecule has 0 spiro atoms. The zero-order valence-corrected chi connectivity index (χ0v) is 17.5. The molecule has 1 aromatic heterocycles. The number of thiophene rings is 1. The number of fused-ring (bicyclic) bond motifs is 1. The number of anilines is 1. The molecule has 0 atom stereocenters. The van der Waals surface area contributed by atoms with Gasteiger partial charge in [0.15, 0.2) is 0 Å². The number of nitriles is 1. The molecule has 0 fully saturated rings. The number of hydrogen-bond donors (Lipinski definition) is 1. The summed E-state index contributed by atoms with van der Waals surface area (Å²) in [5, 5.41) is 12.9. The summed E-state index contributed by atoms with van der Waals surface area (Å²) in [6.07, 6.45) is 3.36. The maximum Gasteiger partial charge on any atom is 0.410 e. The fourth-order valence-electron chi connectivity index (χ4n) is 2.98. The van der Waals surface area contributed by atoms with Crippen molar-refractivity contribution in [1.82, 2.24) is 4.90 Å². The molecule has 0 saturated carbocycles. The van der Waals surface area contributed by atoms with Gasteiger partial charge in [-0.05, 0) is 44.4 Å². The molecule has 0 unspecified atom stereocenters. The van der Waals surface area contributed by atoms with Crippen LogP contribution in [0.3, 0.4) is 0 Å². The molecule has 1 N–H and O–H groups in total. The molecule has 1 aliphatic rings. The fraction of sp³-hybridized carbons (Fsp3) is 0.318. The molecule has 0 bridgehead atoms. The van der Waals surface area contributed by atoms with Crippen LogP contribution in [0.5, 0.6) is 0 Å². The van der Waals surface area contributed by atoms with Gasteiger partial charge in [0.05, 0.1) is 12.1 Å². The van der Waals surface area contributed by atoms with Crippen LogP contribution >= 0.6 is 11.3 Å². The molecule has 2 aromatic rings. The zero-order valence-electron chi connectivity index (χ0n) is 16.7. The molecule has 1 aromatic carbocycles. The number of nitrogens with zero attached hydrogens (tertiary/aromatic N) is 2. The Kier molecular flexibility index (Phi) is 6.04. The van der Waals surface area contributed by atoms with Crippen molar-refractivity contribution in [2.45, 2.75) is 39.3 Å². The van der Waals surface area contributed by atoms with Crippen molar-refractivity contribution in [2.75, 3.05) is 11.9 Å². The van der Waals surface area contributed by atoms with E-state index in [4.69, 9.17) is 4.74 Å². The van der Waals surface area contributed by atoms with E-state index in [2.05, 4.69) is 11.4 Å². The topological polar surface area (TPSA) is 82.4 Å². The van der Waals surface area contributed by atoms with Gasteiger partial charge in [-0.2, -0.15) is 5.26 Å². The van der Waals surface area contributed by atoms with Crippen molar-refractivity contribution in [1.29, 1.82) is 5.26 Å². The minimum Gasteiger partial charge on any atom is -0.444 e. The van der Waals surface area contributed by atoms with Gasteiger partial charge >= 0.3 is 6.09 Å². The van der Waals surface area contributed by atoms with E-state index in [1.165, 1.54) is 17.4 Å². The summed E-state index contributed by atoms with van der Waals surface area (Å²) in [5.41, 5.74) is 1.74. The summed E-state index contributed by atoms with van der Waals surface area (Å²) in [4.78, 5) is 27.2. The van der Waals surface area contributed by atoms with E-state index in [1.54, 1.807) is 11.0 Å². The summed E-state index contributed by atoms with van der Waals surface area (Å²) in [6.45, 7) is 6.34. The van der Waals surface area contributed by atoms with Crippen molar-refractivity contribution in [3.63, 3.8) is 0 Å². The van der Waals surface area contributed by atoms with Crippen molar-refractivity contribution >= 4 is 34.4 Å². The van der Waals surface area contributed by atoms with E-state index in [0.29, 0.717) is 30.1 Å². The van der Waals surface area contributed by atoms with Crippen LogP contribution in [0.4, 0.5) is 9.80 Å². The highest BCUT2D eigenvalue weighted by atomic mass is 32.1. The average Bonchev–Trinajstić information content (AvgIpc) is 3.01. The number of rotatable bonds is 3. The number of nitrogens with one attached hydrogen (secondary N) is 1. The van der Waals surface area contributed by atoms with E-state index >= 15 is 0 Å². The van der Waals surface area contributed by atoms with Crippen LogP contribution in [0.2, 0.25) is 0 Å². The SMILES string of the molecule is CC(C)(C)OC(=O)N1CCc2c(sc(NC(=O)/C=C/c3ccccc3)c2C#N)C1. The van der Waals surface area contributed by atoms with Crippen molar-refractivity contribution in [3.8, 4) is 6.07 Å². The predicted octanol–water partition coefficient (Wildman–Crippen LogP) is 4.56.